The lowest BCUT2D eigenvalue weighted by molar-refractivity contribution is 0.00578. The summed E-state index contributed by atoms with van der Waals surface area (Å²) in [6.45, 7) is 8.12. The first kappa shape index (κ1) is 62.3. The topological polar surface area (TPSA) is 95.8 Å². The summed E-state index contributed by atoms with van der Waals surface area (Å²) in [6, 6.07) is 52.2. The van der Waals surface area contributed by atoms with Crippen molar-refractivity contribution in [1.82, 2.24) is 0 Å². The molecule has 78 heavy (non-hydrogen) atoms. The fraction of sp³-hybridized carbons (Fsp3) is 0.226. The van der Waals surface area contributed by atoms with Gasteiger partial charge in [0.1, 0.15) is 46.3 Å². The van der Waals surface area contributed by atoms with Gasteiger partial charge in [0.05, 0.1) is 44.1 Å². The van der Waals surface area contributed by atoms with Crippen molar-refractivity contribution >= 4 is 52.7 Å². The maximum Gasteiger partial charge on any atom is 0.498 e. The van der Waals surface area contributed by atoms with Crippen molar-refractivity contribution in [3.8, 4) is 23.0 Å². The lowest BCUT2D eigenvalue weighted by atomic mass is 9.77. The highest BCUT2D eigenvalue weighted by Gasteiger charge is 2.52. The molecule has 0 unspecified atom stereocenters. The van der Waals surface area contributed by atoms with Crippen LogP contribution in [0.5, 0.6) is 23.0 Å². The standard InChI is InChI=1S/C20H24BFO3.C14H12BrFO.C14H13FO.C8H9ClO.C6H6BFO2/c1-19(2)20(3,4)25-21(24-19)17-13-15(8-11-18(17)23-5)12-14-6-9-16(22)10-7-14;1-17-14-7-4-11(9-13(14)15)8-10-2-5-12(16)6-3-10;1-16-14-8-4-12(5-9-14)10-11-2-6-13(15)7-3-11;1-10-8-4-2-7(6-9)3-5-8;8-6-3-1-5(2-4-6)7(9)10/h6-11,13H,12H2,1-5H3;2-7,9H,8H2,1H3;2-9H,10H2,1H3;2-5H,6H2,1H3;1-4,9-10H. The molecule has 8 nitrogen and oxygen atoms in total. The van der Waals surface area contributed by atoms with E-state index in [2.05, 4.69) is 15.9 Å². The average Bonchev–Trinajstić information content (AvgIpc) is 3.73. The van der Waals surface area contributed by atoms with Gasteiger partial charge in [0.15, 0.2) is 0 Å². The van der Waals surface area contributed by atoms with Gasteiger partial charge in [-0.2, -0.15) is 0 Å². The molecule has 8 aromatic rings. The Balaban J connectivity index is 0.000000188. The van der Waals surface area contributed by atoms with Crippen LogP contribution >= 0.6 is 27.5 Å². The number of alkyl halides is 1. The molecule has 0 aliphatic carbocycles. The summed E-state index contributed by atoms with van der Waals surface area (Å²) < 4.78 is 84.7. The van der Waals surface area contributed by atoms with Crippen LogP contribution in [0.15, 0.2) is 186 Å². The molecule has 1 aliphatic heterocycles. The molecule has 0 aromatic heterocycles. The molecule has 9 rings (SSSR count). The van der Waals surface area contributed by atoms with Crippen LogP contribution in [0.2, 0.25) is 0 Å². The molecule has 1 fully saturated rings. The molecule has 0 radical (unpaired) electrons. The Bertz CT molecular complexity index is 3010. The number of hydrogen-bond donors (Lipinski definition) is 2. The molecular formula is C62H64B2BrClF4O8. The molecule has 1 heterocycles. The summed E-state index contributed by atoms with van der Waals surface area (Å²) in [5.74, 6) is 2.82. The smallest absolute Gasteiger partial charge is 0.497 e. The van der Waals surface area contributed by atoms with Crippen molar-refractivity contribution in [3.63, 3.8) is 0 Å². The zero-order chi connectivity index (χ0) is 56.8. The Kier molecular flexibility index (Phi) is 24.4. The zero-order valence-corrected chi connectivity index (χ0v) is 47.3. The van der Waals surface area contributed by atoms with Gasteiger partial charge in [0.25, 0.3) is 0 Å². The molecular weight excluding hydrogens is 1090 g/mol. The van der Waals surface area contributed by atoms with Crippen molar-refractivity contribution in [2.24, 2.45) is 0 Å². The molecule has 1 aliphatic rings. The van der Waals surface area contributed by atoms with Crippen molar-refractivity contribution < 1.29 is 55.9 Å². The molecule has 0 bridgehead atoms. The van der Waals surface area contributed by atoms with Crippen molar-refractivity contribution in [2.75, 3.05) is 28.4 Å². The normalized spacial score (nSPS) is 12.6. The van der Waals surface area contributed by atoms with E-state index in [4.69, 9.17) is 49.9 Å². The molecule has 0 atom stereocenters. The Hall–Kier alpha value is -6.58. The average molecular weight is 1150 g/mol. The predicted molar refractivity (Wildman–Crippen MR) is 309 cm³/mol. The van der Waals surface area contributed by atoms with Gasteiger partial charge in [-0.25, -0.2) is 17.6 Å². The summed E-state index contributed by atoms with van der Waals surface area (Å²) in [4.78, 5) is 0. The molecule has 408 valence electrons. The largest absolute Gasteiger partial charge is 0.498 e. The van der Waals surface area contributed by atoms with Crippen LogP contribution in [0.4, 0.5) is 17.6 Å². The van der Waals surface area contributed by atoms with E-state index in [9.17, 15) is 17.6 Å². The first-order valence-corrected chi connectivity index (χ1v) is 26.1. The Labute approximate surface area is 470 Å². The first-order chi connectivity index (χ1) is 37.2. The van der Waals surface area contributed by atoms with E-state index in [0.29, 0.717) is 17.8 Å². The zero-order valence-electron chi connectivity index (χ0n) is 44.9. The van der Waals surface area contributed by atoms with Crippen LogP contribution in [0.25, 0.3) is 0 Å². The maximum atomic E-state index is 13.1. The van der Waals surface area contributed by atoms with E-state index < -0.39 is 25.4 Å². The van der Waals surface area contributed by atoms with Crippen molar-refractivity contribution in [2.45, 2.75) is 64.0 Å². The summed E-state index contributed by atoms with van der Waals surface area (Å²) >= 11 is 9.03. The minimum Gasteiger partial charge on any atom is -0.497 e. The van der Waals surface area contributed by atoms with E-state index in [-0.39, 0.29) is 23.3 Å². The second-order valence-corrected chi connectivity index (χ2v) is 19.9. The van der Waals surface area contributed by atoms with Crippen LogP contribution in [0.3, 0.4) is 0 Å². The van der Waals surface area contributed by atoms with Crippen molar-refractivity contribution in [3.05, 3.63) is 249 Å². The van der Waals surface area contributed by atoms with Crippen LogP contribution in [-0.4, -0.2) is 63.9 Å². The monoisotopic (exact) mass is 1150 g/mol. The fourth-order valence-electron chi connectivity index (χ4n) is 7.47. The van der Waals surface area contributed by atoms with E-state index in [1.165, 1.54) is 66.2 Å². The molecule has 0 spiro atoms. The number of methoxy groups -OCH3 is 4. The van der Waals surface area contributed by atoms with Gasteiger partial charge in [-0.15, -0.1) is 11.6 Å². The second-order valence-electron chi connectivity index (χ2n) is 18.8. The van der Waals surface area contributed by atoms with E-state index in [0.717, 1.165) is 79.2 Å². The summed E-state index contributed by atoms with van der Waals surface area (Å²) in [7, 11) is 4.59. The number of halogens is 6. The molecule has 2 N–H and O–H groups in total. The van der Waals surface area contributed by atoms with Gasteiger partial charge in [0.2, 0.25) is 0 Å². The first-order valence-electron chi connectivity index (χ1n) is 24.8. The van der Waals surface area contributed by atoms with E-state index in [1.807, 2.05) is 113 Å². The fourth-order valence-corrected chi connectivity index (χ4v) is 8.24. The number of rotatable bonds is 13. The lowest BCUT2D eigenvalue weighted by Gasteiger charge is -2.32. The highest BCUT2D eigenvalue weighted by Crippen LogP contribution is 2.37. The predicted octanol–water partition coefficient (Wildman–Crippen LogP) is 13.3. The summed E-state index contributed by atoms with van der Waals surface area (Å²) in [5, 5.41) is 17.1. The second kappa shape index (κ2) is 30.5. The number of benzene rings is 8. The summed E-state index contributed by atoms with van der Waals surface area (Å²) in [5.41, 5.74) is 8.14. The molecule has 0 saturated carbocycles. The highest BCUT2D eigenvalue weighted by atomic mass is 79.9. The maximum absolute atomic E-state index is 13.1. The number of hydrogen-bond acceptors (Lipinski definition) is 8. The van der Waals surface area contributed by atoms with Gasteiger partial charge in [-0.1, -0.05) is 91.0 Å². The van der Waals surface area contributed by atoms with Gasteiger partial charge >= 0.3 is 14.2 Å². The third-order valence-electron chi connectivity index (χ3n) is 12.6. The van der Waals surface area contributed by atoms with E-state index in [1.54, 1.807) is 64.8 Å². The molecule has 0 amide bonds. The highest BCUT2D eigenvalue weighted by molar-refractivity contribution is 9.10. The minimum atomic E-state index is -1.51. The van der Waals surface area contributed by atoms with Gasteiger partial charge in [0, 0.05) is 11.3 Å². The van der Waals surface area contributed by atoms with Crippen LogP contribution in [-0.2, 0) is 34.5 Å². The summed E-state index contributed by atoms with van der Waals surface area (Å²) in [6.07, 6.45) is 2.30. The lowest BCUT2D eigenvalue weighted by Crippen LogP contribution is -2.41. The van der Waals surface area contributed by atoms with E-state index >= 15 is 0 Å². The van der Waals surface area contributed by atoms with Gasteiger partial charge in [-0.05, 0) is 198 Å². The van der Waals surface area contributed by atoms with Crippen LogP contribution < -0.4 is 29.9 Å². The van der Waals surface area contributed by atoms with Gasteiger partial charge in [-0.3, -0.25) is 0 Å². The minimum absolute atomic E-state index is 0.196. The molecule has 8 aromatic carbocycles. The SMILES string of the molecule is COc1ccc(CCl)cc1.COc1ccc(Cc2ccc(F)cc2)cc1.COc1ccc(Cc2ccc(F)cc2)cc1B1OC(C)(C)C(C)(C)O1.COc1ccc(Cc2ccc(F)cc2)cc1Br.OB(O)c1ccc(F)cc1. The van der Waals surface area contributed by atoms with Crippen LogP contribution in [0, 0.1) is 23.3 Å². The van der Waals surface area contributed by atoms with Crippen molar-refractivity contribution in [1.29, 1.82) is 0 Å². The Morgan fingerprint density at radius 2 is 0.769 bits per heavy atom. The Morgan fingerprint density at radius 1 is 0.449 bits per heavy atom. The third-order valence-corrected chi connectivity index (χ3v) is 13.6. The van der Waals surface area contributed by atoms with Crippen LogP contribution in [0.1, 0.15) is 66.6 Å². The van der Waals surface area contributed by atoms with Gasteiger partial charge < -0.3 is 38.3 Å². The number of ether oxygens (including phenoxy) is 4. The quantitative estimate of drug-likeness (QED) is 0.0670. The Morgan fingerprint density at radius 3 is 1.12 bits per heavy atom. The molecule has 16 heteroatoms. The molecule has 1 saturated heterocycles. The third kappa shape index (κ3) is 19.7.